The molecule has 112 valence electrons. The van der Waals surface area contributed by atoms with Crippen LogP contribution in [-0.4, -0.2) is 21.0 Å². The van der Waals surface area contributed by atoms with Gasteiger partial charge in [-0.25, -0.2) is 9.97 Å². The average molecular weight is 293 g/mol. The Kier molecular flexibility index (Phi) is 3.87. The van der Waals surface area contributed by atoms with E-state index < -0.39 is 0 Å². The Morgan fingerprint density at radius 1 is 1.00 bits per heavy atom. The van der Waals surface area contributed by atoms with E-state index in [0.717, 1.165) is 34.1 Å². The van der Waals surface area contributed by atoms with Gasteiger partial charge in [0.2, 0.25) is 0 Å². The molecule has 0 saturated carbocycles. The highest BCUT2D eigenvalue weighted by atomic mass is 15.1. The molecule has 0 bridgehead atoms. The predicted molar refractivity (Wildman–Crippen MR) is 90.6 cm³/mol. The molecular formula is C17H19N5. The summed E-state index contributed by atoms with van der Waals surface area (Å²) in [6, 6.07) is 12.3. The molecule has 3 rings (SSSR count). The van der Waals surface area contributed by atoms with E-state index in [4.69, 9.17) is 0 Å². The molecule has 0 aliphatic carbocycles. The summed E-state index contributed by atoms with van der Waals surface area (Å²) in [6.07, 6.45) is 1.80. The largest absolute Gasteiger partial charge is 0.368 e. The Morgan fingerprint density at radius 2 is 1.77 bits per heavy atom. The molecule has 5 nitrogen and oxygen atoms in total. The lowest BCUT2D eigenvalue weighted by Crippen LogP contribution is -2.12. The van der Waals surface area contributed by atoms with Crippen LogP contribution in [0, 0.1) is 6.92 Å². The van der Waals surface area contributed by atoms with E-state index in [0.29, 0.717) is 6.04 Å². The molecule has 2 N–H and O–H groups in total. The lowest BCUT2D eigenvalue weighted by molar-refractivity contribution is 0.881. The van der Waals surface area contributed by atoms with Gasteiger partial charge in [-0.15, -0.1) is 0 Å². The van der Waals surface area contributed by atoms with Crippen LogP contribution in [0.2, 0.25) is 0 Å². The zero-order valence-corrected chi connectivity index (χ0v) is 13.0. The van der Waals surface area contributed by atoms with E-state index in [-0.39, 0.29) is 0 Å². The van der Waals surface area contributed by atoms with Crippen LogP contribution in [0.5, 0.6) is 0 Å². The van der Waals surface area contributed by atoms with Crippen LogP contribution in [0.4, 0.5) is 17.3 Å². The van der Waals surface area contributed by atoms with Gasteiger partial charge in [-0.05, 0) is 32.9 Å². The molecule has 3 aromatic rings. The molecule has 0 atom stereocenters. The van der Waals surface area contributed by atoms with Crippen LogP contribution in [-0.2, 0) is 0 Å². The molecule has 2 heterocycles. The summed E-state index contributed by atoms with van der Waals surface area (Å²) in [5.74, 6) is 2.30. The summed E-state index contributed by atoms with van der Waals surface area (Å²) >= 11 is 0. The minimum Gasteiger partial charge on any atom is -0.368 e. The molecule has 0 amide bonds. The molecule has 5 heteroatoms. The van der Waals surface area contributed by atoms with Gasteiger partial charge >= 0.3 is 0 Å². The number of fused-ring (bicyclic) bond motifs is 1. The minimum absolute atomic E-state index is 0.321. The van der Waals surface area contributed by atoms with Crippen molar-refractivity contribution < 1.29 is 0 Å². The fraction of sp³-hybridized carbons (Fsp3) is 0.235. The van der Waals surface area contributed by atoms with Crippen molar-refractivity contribution in [3.05, 3.63) is 48.4 Å². The van der Waals surface area contributed by atoms with Gasteiger partial charge in [0.15, 0.2) is 0 Å². The second-order valence-electron chi connectivity index (χ2n) is 5.49. The van der Waals surface area contributed by atoms with E-state index in [1.807, 2.05) is 43.3 Å². The normalized spacial score (nSPS) is 10.9. The predicted octanol–water partition coefficient (Wildman–Crippen LogP) is 3.90. The van der Waals surface area contributed by atoms with Crippen molar-refractivity contribution in [3.8, 4) is 0 Å². The molecule has 0 aliphatic rings. The van der Waals surface area contributed by atoms with Crippen molar-refractivity contribution in [2.75, 3.05) is 10.6 Å². The van der Waals surface area contributed by atoms with Gasteiger partial charge < -0.3 is 10.6 Å². The van der Waals surface area contributed by atoms with Gasteiger partial charge in [-0.2, -0.15) is 0 Å². The van der Waals surface area contributed by atoms with Crippen molar-refractivity contribution in [3.63, 3.8) is 0 Å². The Bertz CT molecular complexity index is 793. The van der Waals surface area contributed by atoms with Gasteiger partial charge in [0.25, 0.3) is 0 Å². The molecular weight excluding hydrogens is 274 g/mol. The van der Waals surface area contributed by atoms with Crippen molar-refractivity contribution >= 4 is 28.2 Å². The molecule has 1 aromatic carbocycles. The van der Waals surface area contributed by atoms with E-state index in [1.165, 1.54) is 0 Å². The third-order valence-electron chi connectivity index (χ3n) is 3.17. The van der Waals surface area contributed by atoms with Crippen molar-refractivity contribution in [1.29, 1.82) is 0 Å². The van der Waals surface area contributed by atoms with Gasteiger partial charge in [0.1, 0.15) is 17.5 Å². The Morgan fingerprint density at radius 3 is 2.59 bits per heavy atom. The number of hydrogen-bond acceptors (Lipinski definition) is 5. The average Bonchev–Trinajstić information content (AvgIpc) is 2.46. The summed E-state index contributed by atoms with van der Waals surface area (Å²) in [5, 5.41) is 7.75. The summed E-state index contributed by atoms with van der Waals surface area (Å²) in [7, 11) is 0. The highest BCUT2D eigenvalue weighted by molar-refractivity contribution is 5.91. The lowest BCUT2D eigenvalue weighted by Gasteiger charge is -2.13. The molecule has 0 saturated heterocycles. The number of anilines is 3. The number of nitrogens with one attached hydrogen (secondary N) is 2. The fourth-order valence-corrected chi connectivity index (χ4v) is 2.34. The van der Waals surface area contributed by atoms with Crippen LogP contribution < -0.4 is 10.6 Å². The fourth-order valence-electron chi connectivity index (χ4n) is 2.34. The molecule has 0 fully saturated rings. The van der Waals surface area contributed by atoms with Gasteiger partial charge in [-0.3, -0.25) is 4.98 Å². The third kappa shape index (κ3) is 3.14. The Balaban J connectivity index is 1.96. The number of aromatic nitrogens is 3. The van der Waals surface area contributed by atoms with E-state index in [9.17, 15) is 0 Å². The summed E-state index contributed by atoms with van der Waals surface area (Å²) in [5.41, 5.74) is 1.87. The first-order chi connectivity index (χ1) is 10.6. The lowest BCUT2D eigenvalue weighted by atomic mass is 10.2. The number of aryl methyl sites for hydroxylation is 1. The Labute approximate surface area is 129 Å². The second kappa shape index (κ2) is 5.97. The minimum atomic E-state index is 0.321. The maximum Gasteiger partial charge on any atom is 0.136 e. The highest BCUT2D eigenvalue weighted by Gasteiger charge is 2.06. The third-order valence-corrected chi connectivity index (χ3v) is 3.17. The number of pyridine rings is 1. The first-order valence-corrected chi connectivity index (χ1v) is 7.35. The first-order valence-electron chi connectivity index (χ1n) is 7.35. The van der Waals surface area contributed by atoms with Crippen LogP contribution in [0.3, 0.4) is 0 Å². The van der Waals surface area contributed by atoms with Crippen molar-refractivity contribution in [2.24, 2.45) is 0 Å². The number of para-hydroxylation sites is 1. The van der Waals surface area contributed by atoms with E-state index in [1.54, 1.807) is 6.20 Å². The zero-order chi connectivity index (χ0) is 15.5. The monoisotopic (exact) mass is 293 g/mol. The molecule has 0 spiro atoms. The highest BCUT2D eigenvalue weighted by Crippen LogP contribution is 2.24. The maximum atomic E-state index is 4.45. The first kappa shape index (κ1) is 14.3. The van der Waals surface area contributed by atoms with Crippen LogP contribution in [0.15, 0.2) is 42.6 Å². The number of benzene rings is 1. The SMILES string of the molecule is Cc1nc(Nc2cccc3cccnc23)cc(NC(C)C)n1. The molecule has 0 aliphatic heterocycles. The Hall–Kier alpha value is -2.69. The smallest absolute Gasteiger partial charge is 0.136 e. The maximum absolute atomic E-state index is 4.45. The van der Waals surface area contributed by atoms with Crippen LogP contribution in [0.25, 0.3) is 10.9 Å². The van der Waals surface area contributed by atoms with Gasteiger partial charge in [0.05, 0.1) is 11.2 Å². The van der Waals surface area contributed by atoms with Crippen molar-refractivity contribution in [2.45, 2.75) is 26.8 Å². The number of rotatable bonds is 4. The van der Waals surface area contributed by atoms with Crippen molar-refractivity contribution in [1.82, 2.24) is 15.0 Å². The van der Waals surface area contributed by atoms with Crippen LogP contribution in [0.1, 0.15) is 19.7 Å². The van der Waals surface area contributed by atoms with E-state index >= 15 is 0 Å². The molecule has 0 unspecified atom stereocenters. The van der Waals surface area contributed by atoms with Gasteiger partial charge in [-0.1, -0.05) is 18.2 Å². The quantitative estimate of drug-likeness (QED) is 0.764. The summed E-state index contributed by atoms with van der Waals surface area (Å²) < 4.78 is 0. The topological polar surface area (TPSA) is 62.7 Å². The van der Waals surface area contributed by atoms with Crippen LogP contribution >= 0.6 is 0 Å². The second-order valence-corrected chi connectivity index (χ2v) is 5.49. The van der Waals surface area contributed by atoms with E-state index in [2.05, 4.69) is 39.4 Å². The number of hydrogen-bond donors (Lipinski definition) is 2. The standard InChI is InChI=1S/C17H19N5/c1-11(2)19-15-10-16(21-12(3)20-15)22-14-8-4-6-13-7-5-9-18-17(13)14/h4-11H,1-3H3,(H2,19,20,21,22). The number of nitrogens with zero attached hydrogens (tertiary/aromatic N) is 3. The molecule has 22 heavy (non-hydrogen) atoms. The zero-order valence-electron chi connectivity index (χ0n) is 13.0. The summed E-state index contributed by atoms with van der Waals surface area (Å²) in [6.45, 7) is 6.05. The summed E-state index contributed by atoms with van der Waals surface area (Å²) in [4.78, 5) is 13.3. The molecule has 2 aromatic heterocycles. The molecule has 0 radical (unpaired) electrons. The van der Waals surface area contributed by atoms with Gasteiger partial charge in [0, 0.05) is 23.7 Å².